The Hall–Kier alpha value is -2.14. The number of nitrogens with zero attached hydrogens (tertiary/aromatic N) is 1. The minimum Gasteiger partial charge on any atom is -0.494 e. The summed E-state index contributed by atoms with van der Waals surface area (Å²) in [4.78, 5) is 15.2. The van der Waals surface area contributed by atoms with Crippen molar-refractivity contribution < 1.29 is 9.53 Å². The van der Waals surface area contributed by atoms with Crippen molar-refractivity contribution in [3.63, 3.8) is 0 Å². The van der Waals surface area contributed by atoms with Gasteiger partial charge >= 0.3 is 0 Å². The first kappa shape index (κ1) is 13.3. The molecule has 1 heterocycles. The van der Waals surface area contributed by atoms with E-state index in [1.165, 1.54) is 0 Å². The Labute approximate surface area is 111 Å². The average molecular weight is 259 g/mol. The molecule has 1 aromatic carbocycles. The Kier molecular flexibility index (Phi) is 4.69. The average Bonchev–Trinajstić information content (AvgIpc) is 2.46. The standard InChI is InChI=1S/C14H17N3O2/c15-10-14(18)17-7-2-8-19-12-4-5-13-11(9-12)3-1-6-16-13/h1,3-6,9H,2,7-8,10,15H2,(H,17,18). The number of hydrogen-bond acceptors (Lipinski definition) is 4. The lowest BCUT2D eigenvalue weighted by molar-refractivity contribution is -0.119. The first-order valence-electron chi connectivity index (χ1n) is 6.24. The van der Waals surface area contributed by atoms with Crippen molar-refractivity contribution in [2.75, 3.05) is 19.7 Å². The lowest BCUT2D eigenvalue weighted by Crippen LogP contribution is -2.31. The number of nitrogens with two attached hydrogens (primary N) is 1. The van der Waals surface area contributed by atoms with Gasteiger partial charge in [0, 0.05) is 18.1 Å². The number of pyridine rings is 1. The van der Waals surface area contributed by atoms with Crippen molar-refractivity contribution in [3.05, 3.63) is 36.5 Å². The summed E-state index contributed by atoms with van der Waals surface area (Å²) in [5, 5.41) is 3.75. The molecule has 0 unspecified atom stereocenters. The van der Waals surface area contributed by atoms with Crippen LogP contribution in [0, 0.1) is 0 Å². The molecule has 1 aromatic heterocycles. The molecule has 2 aromatic rings. The van der Waals surface area contributed by atoms with Gasteiger partial charge in [-0.2, -0.15) is 0 Å². The summed E-state index contributed by atoms with van der Waals surface area (Å²) in [6.07, 6.45) is 2.51. The molecule has 100 valence electrons. The predicted octanol–water partition coefficient (Wildman–Crippen LogP) is 1.08. The fourth-order valence-electron chi connectivity index (χ4n) is 1.71. The van der Waals surface area contributed by atoms with Gasteiger partial charge in [0.1, 0.15) is 5.75 Å². The molecule has 1 amide bonds. The lowest BCUT2D eigenvalue weighted by atomic mass is 10.2. The highest BCUT2D eigenvalue weighted by molar-refractivity contribution is 5.79. The van der Waals surface area contributed by atoms with Crippen molar-refractivity contribution in [1.82, 2.24) is 10.3 Å². The van der Waals surface area contributed by atoms with Crippen LogP contribution in [-0.4, -0.2) is 30.6 Å². The maximum absolute atomic E-state index is 10.9. The molecule has 0 saturated heterocycles. The van der Waals surface area contributed by atoms with Gasteiger partial charge in [-0.25, -0.2) is 0 Å². The number of benzene rings is 1. The number of fused-ring (bicyclic) bond motifs is 1. The molecule has 0 radical (unpaired) electrons. The molecule has 0 spiro atoms. The molecular weight excluding hydrogens is 242 g/mol. The minimum atomic E-state index is -0.142. The van der Waals surface area contributed by atoms with Gasteiger partial charge < -0.3 is 15.8 Å². The van der Waals surface area contributed by atoms with Crippen LogP contribution in [-0.2, 0) is 4.79 Å². The quantitative estimate of drug-likeness (QED) is 0.761. The van der Waals surface area contributed by atoms with E-state index in [0.29, 0.717) is 13.2 Å². The zero-order chi connectivity index (χ0) is 13.5. The summed E-state index contributed by atoms with van der Waals surface area (Å²) in [6.45, 7) is 1.15. The highest BCUT2D eigenvalue weighted by Gasteiger charge is 1.99. The van der Waals surface area contributed by atoms with Gasteiger partial charge in [0.25, 0.3) is 0 Å². The Morgan fingerprint density at radius 1 is 1.37 bits per heavy atom. The Balaban J connectivity index is 1.80. The number of hydrogen-bond donors (Lipinski definition) is 2. The van der Waals surface area contributed by atoms with E-state index in [0.717, 1.165) is 23.1 Å². The Morgan fingerprint density at radius 2 is 2.26 bits per heavy atom. The molecule has 2 rings (SSSR count). The molecule has 0 aliphatic rings. The van der Waals surface area contributed by atoms with Crippen LogP contribution >= 0.6 is 0 Å². The van der Waals surface area contributed by atoms with Crippen LogP contribution in [0.15, 0.2) is 36.5 Å². The topological polar surface area (TPSA) is 77.2 Å². The molecule has 0 bridgehead atoms. The third kappa shape index (κ3) is 3.93. The van der Waals surface area contributed by atoms with Crippen LogP contribution in [0.2, 0.25) is 0 Å². The van der Waals surface area contributed by atoms with Crippen LogP contribution in [0.3, 0.4) is 0 Å². The SMILES string of the molecule is NCC(=O)NCCCOc1ccc2ncccc2c1. The van der Waals surface area contributed by atoms with Gasteiger partial charge in [-0.05, 0) is 30.7 Å². The van der Waals surface area contributed by atoms with Crippen LogP contribution in [0.4, 0.5) is 0 Å². The smallest absolute Gasteiger partial charge is 0.233 e. The fourth-order valence-corrected chi connectivity index (χ4v) is 1.71. The third-order valence-electron chi connectivity index (χ3n) is 2.67. The third-order valence-corrected chi connectivity index (χ3v) is 2.67. The first-order valence-corrected chi connectivity index (χ1v) is 6.24. The van der Waals surface area contributed by atoms with E-state index in [1.54, 1.807) is 6.20 Å². The van der Waals surface area contributed by atoms with Crippen molar-refractivity contribution in [2.24, 2.45) is 5.73 Å². The second-order valence-corrected chi connectivity index (χ2v) is 4.11. The summed E-state index contributed by atoms with van der Waals surface area (Å²) in [7, 11) is 0. The van der Waals surface area contributed by atoms with Gasteiger partial charge in [0.15, 0.2) is 0 Å². The molecule has 19 heavy (non-hydrogen) atoms. The summed E-state index contributed by atoms with van der Waals surface area (Å²) < 4.78 is 5.62. The van der Waals surface area contributed by atoms with E-state index < -0.39 is 0 Å². The van der Waals surface area contributed by atoms with Gasteiger partial charge in [-0.15, -0.1) is 0 Å². The molecule has 3 N–H and O–H groups in total. The molecule has 0 aliphatic carbocycles. The Bertz CT molecular complexity index is 557. The largest absolute Gasteiger partial charge is 0.494 e. The maximum Gasteiger partial charge on any atom is 0.233 e. The highest BCUT2D eigenvalue weighted by Crippen LogP contribution is 2.18. The first-order chi connectivity index (χ1) is 9.29. The number of rotatable bonds is 6. The summed E-state index contributed by atoms with van der Waals surface area (Å²) >= 11 is 0. The monoisotopic (exact) mass is 259 g/mol. The fraction of sp³-hybridized carbons (Fsp3) is 0.286. The summed E-state index contributed by atoms with van der Waals surface area (Å²) in [5.74, 6) is 0.669. The molecule has 0 aliphatic heterocycles. The number of carbonyl (C=O) groups is 1. The second kappa shape index (κ2) is 6.70. The van der Waals surface area contributed by atoms with Crippen molar-refractivity contribution >= 4 is 16.8 Å². The van der Waals surface area contributed by atoms with E-state index >= 15 is 0 Å². The van der Waals surface area contributed by atoms with E-state index in [4.69, 9.17) is 10.5 Å². The number of aromatic nitrogens is 1. The zero-order valence-corrected chi connectivity index (χ0v) is 10.6. The van der Waals surface area contributed by atoms with Crippen LogP contribution < -0.4 is 15.8 Å². The van der Waals surface area contributed by atoms with Crippen LogP contribution in [0.5, 0.6) is 5.75 Å². The lowest BCUT2D eigenvalue weighted by Gasteiger charge is -2.07. The molecule has 5 nitrogen and oxygen atoms in total. The van der Waals surface area contributed by atoms with Gasteiger partial charge in [0.2, 0.25) is 5.91 Å². The minimum absolute atomic E-state index is 0.0263. The molecule has 0 atom stereocenters. The van der Waals surface area contributed by atoms with Gasteiger partial charge in [-0.3, -0.25) is 9.78 Å². The maximum atomic E-state index is 10.9. The number of carbonyl (C=O) groups excluding carboxylic acids is 1. The van der Waals surface area contributed by atoms with E-state index in [2.05, 4.69) is 10.3 Å². The number of ether oxygens (including phenoxy) is 1. The number of nitrogens with one attached hydrogen (secondary N) is 1. The molecule has 0 fully saturated rings. The summed E-state index contributed by atoms with van der Waals surface area (Å²) in [6, 6.07) is 9.68. The van der Waals surface area contributed by atoms with Gasteiger partial charge in [0.05, 0.1) is 18.7 Å². The van der Waals surface area contributed by atoms with E-state index in [-0.39, 0.29) is 12.5 Å². The van der Waals surface area contributed by atoms with Crippen LogP contribution in [0.25, 0.3) is 10.9 Å². The van der Waals surface area contributed by atoms with Crippen molar-refractivity contribution in [2.45, 2.75) is 6.42 Å². The van der Waals surface area contributed by atoms with Crippen molar-refractivity contribution in [1.29, 1.82) is 0 Å². The number of amides is 1. The van der Waals surface area contributed by atoms with E-state index in [9.17, 15) is 4.79 Å². The van der Waals surface area contributed by atoms with E-state index in [1.807, 2.05) is 30.3 Å². The summed E-state index contributed by atoms with van der Waals surface area (Å²) in [5.41, 5.74) is 6.13. The highest BCUT2D eigenvalue weighted by atomic mass is 16.5. The molecular formula is C14H17N3O2. The second-order valence-electron chi connectivity index (χ2n) is 4.11. The molecule has 5 heteroatoms. The Morgan fingerprint density at radius 3 is 3.11 bits per heavy atom. The normalized spacial score (nSPS) is 10.4. The van der Waals surface area contributed by atoms with Crippen molar-refractivity contribution in [3.8, 4) is 5.75 Å². The molecule has 0 saturated carbocycles. The van der Waals surface area contributed by atoms with Crippen LogP contribution in [0.1, 0.15) is 6.42 Å². The van der Waals surface area contributed by atoms with Gasteiger partial charge in [-0.1, -0.05) is 6.07 Å². The predicted molar refractivity (Wildman–Crippen MR) is 73.9 cm³/mol. The zero-order valence-electron chi connectivity index (χ0n) is 10.6.